The Morgan fingerprint density at radius 1 is 1.50 bits per heavy atom. The topological polar surface area (TPSA) is 60.4 Å². The molecule has 0 radical (unpaired) electrons. The highest BCUT2D eigenvalue weighted by atomic mass is 16.1. The smallest absolute Gasteiger partial charge is 0.248 e. The fourth-order valence-corrected chi connectivity index (χ4v) is 1.89. The highest BCUT2D eigenvalue weighted by molar-refractivity contribution is 5.93. The molecular formula is C12H15N3O. The zero-order valence-electron chi connectivity index (χ0n) is 9.69. The Bertz CT molecular complexity index is 555. The summed E-state index contributed by atoms with van der Waals surface area (Å²) in [6.45, 7) is 6.23. The van der Waals surface area contributed by atoms with E-state index in [1.165, 1.54) is 0 Å². The lowest BCUT2D eigenvalue weighted by Crippen LogP contribution is -2.11. The minimum Gasteiger partial charge on any atom is -0.366 e. The molecule has 1 amide bonds. The van der Waals surface area contributed by atoms with Gasteiger partial charge in [-0.15, -0.1) is 0 Å². The molecule has 2 aromatic heterocycles. The molecule has 0 atom stereocenters. The first-order chi connectivity index (χ1) is 7.50. The average molecular weight is 217 g/mol. The summed E-state index contributed by atoms with van der Waals surface area (Å²) in [5, 5.41) is 0. The lowest BCUT2D eigenvalue weighted by molar-refractivity contribution is 0.100. The summed E-state index contributed by atoms with van der Waals surface area (Å²) >= 11 is 0. The summed E-state index contributed by atoms with van der Waals surface area (Å²) in [5.74, 6) is -0.0498. The lowest BCUT2D eigenvalue weighted by atomic mass is 10.1. The van der Waals surface area contributed by atoms with Gasteiger partial charge in [0.15, 0.2) is 0 Å². The van der Waals surface area contributed by atoms with E-state index in [2.05, 4.69) is 18.8 Å². The highest BCUT2D eigenvalue weighted by Crippen LogP contribution is 2.20. The van der Waals surface area contributed by atoms with E-state index in [1.807, 2.05) is 17.5 Å². The number of aromatic nitrogens is 2. The molecule has 0 bridgehead atoms. The Balaban J connectivity index is 2.67. The number of pyridine rings is 1. The van der Waals surface area contributed by atoms with Crippen LogP contribution in [0.5, 0.6) is 0 Å². The van der Waals surface area contributed by atoms with E-state index in [0.29, 0.717) is 11.5 Å². The third-order valence-corrected chi connectivity index (χ3v) is 2.73. The number of primary amides is 1. The van der Waals surface area contributed by atoms with Gasteiger partial charge in [-0.3, -0.25) is 4.79 Å². The van der Waals surface area contributed by atoms with Crippen LogP contribution in [0.3, 0.4) is 0 Å². The molecule has 0 aliphatic heterocycles. The Hall–Kier alpha value is -1.84. The Labute approximate surface area is 94.1 Å². The fraction of sp³-hybridized carbons (Fsp3) is 0.333. The molecule has 4 heteroatoms. The number of carbonyl (C=O) groups is 1. The second-order valence-electron chi connectivity index (χ2n) is 4.25. The average Bonchev–Trinajstić information content (AvgIpc) is 2.55. The van der Waals surface area contributed by atoms with E-state index >= 15 is 0 Å². The van der Waals surface area contributed by atoms with E-state index in [0.717, 1.165) is 17.0 Å². The van der Waals surface area contributed by atoms with Gasteiger partial charge in [0, 0.05) is 17.5 Å². The van der Waals surface area contributed by atoms with Crippen LogP contribution in [0.25, 0.3) is 5.65 Å². The number of hydrogen-bond donors (Lipinski definition) is 1. The van der Waals surface area contributed by atoms with Crippen molar-refractivity contribution in [3.8, 4) is 0 Å². The molecule has 0 aliphatic rings. The fourth-order valence-electron chi connectivity index (χ4n) is 1.89. The minimum absolute atomic E-state index is 0.372. The van der Waals surface area contributed by atoms with Gasteiger partial charge >= 0.3 is 0 Å². The maximum atomic E-state index is 11.1. The molecule has 0 aliphatic carbocycles. The first kappa shape index (κ1) is 10.7. The number of aryl methyl sites for hydroxylation is 1. The number of nitrogens with zero attached hydrogens (tertiary/aromatic N) is 2. The van der Waals surface area contributed by atoms with Crippen LogP contribution >= 0.6 is 0 Å². The monoisotopic (exact) mass is 217 g/mol. The molecule has 84 valence electrons. The van der Waals surface area contributed by atoms with Gasteiger partial charge in [-0.2, -0.15) is 0 Å². The van der Waals surface area contributed by atoms with E-state index in [9.17, 15) is 4.79 Å². The number of fused-ring (bicyclic) bond motifs is 1. The maximum Gasteiger partial charge on any atom is 0.248 e. The molecular weight excluding hydrogens is 202 g/mol. The van der Waals surface area contributed by atoms with E-state index in [1.54, 1.807) is 12.1 Å². The highest BCUT2D eigenvalue weighted by Gasteiger charge is 2.12. The molecule has 2 rings (SSSR count). The minimum atomic E-state index is -0.422. The Morgan fingerprint density at radius 3 is 2.75 bits per heavy atom. The number of carbonyl (C=O) groups excluding carboxylic acids is 1. The van der Waals surface area contributed by atoms with Crippen molar-refractivity contribution in [3.63, 3.8) is 0 Å². The molecule has 0 saturated carbocycles. The molecule has 2 aromatic rings. The van der Waals surface area contributed by atoms with Gasteiger partial charge in [0.1, 0.15) is 5.65 Å². The SMILES string of the molecule is Cc1c(C(C)C)nc2cc(C(N)=O)ccn12. The van der Waals surface area contributed by atoms with Crippen molar-refractivity contribution in [1.82, 2.24) is 9.38 Å². The Kier molecular flexibility index (Phi) is 2.42. The van der Waals surface area contributed by atoms with Gasteiger partial charge < -0.3 is 10.1 Å². The van der Waals surface area contributed by atoms with Gasteiger partial charge in [0.05, 0.1) is 5.69 Å². The van der Waals surface area contributed by atoms with Crippen LogP contribution < -0.4 is 5.73 Å². The quantitative estimate of drug-likeness (QED) is 0.834. The molecule has 0 unspecified atom stereocenters. The second kappa shape index (κ2) is 3.63. The zero-order valence-corrected chi connectivity index (χ0v) is 9.69. The summed E-state index contributed by atoms with van der Waals surface area (Å²) < 4.78 is 1.97. The number of nitrogens with two attached hydrogens (primary N) is 1. The van der Waals surface area contributed by atoms with E-state index in [-0.39, 0.29) is 0 Å². The van der Waals surface area contributed by atoms with E-state index < -0.39 is 5.91 Å². The standard InChI is InChI=1S/C12H15N3O/c1-7(2)11-8(3)15-5-4-9(12(13)16)6-10(15)14-11/h4-7H,1-3H3,(H2,13,16). The van der Waals surface area contributed by atoms with Crippen LogP contribution in [0.4, 0.5) is 0 Å². The van der Waals surface area contributed by atoms with E-state index in [4.69, 9.17) is 5.73 Å². The van der Waals surface area contributed by atoms with Crippen LogP contribution in [-0.4, -0.2) is 15.3 Å². The van der Waals surface area contributed by atoms with Crippen LogP contribution in [-0.2, 0) is 0 Å². The summed E-state index contributed by atoms with van der Waals surface area (Å²) in [6.07, 6.45) is 1.84. The summed E-state index contributed by atoms with van der Waals surface area (Å²) in [5.41, 5.74) is 8.67. The van der Waals surface area contributed by atoms with Crippen LogP contribution in [0, 0.1) is 6.92 Å². The molecule has 0 aromatic carbocycles. The van der Waals surface area contributed by atoms with Gasteiger partial charge in [0.2, 0.25) is 5.91 Å². The third-order valence-electron chi connectivity index (χ3n) is 2.73. The molecule has 2 N–H and O–H groups in total. The van der Waals surface area contributed by atoms with Crippen molar-refractivity contribution in [3.05, 3.63) is 35.3 Å². The maximum absolute atomic E-state index is 11.1. The van der Waals surface area contributed by atoms with Gasteiger partial charge in [0.25, 0.3) is 0 Å². The van der Waals surface area contributed by atoms with Crippen molar-refractivity contribution in [1.29, 1.82) is 0 Å². The lowest BCUT2D eigenvalue weighted by Gasteiger charge is -2.01. The number of imidazole rings is 1. The first-order valence-electron chi connectivity index (χ1n) is 5.29. The van der Waals surface area contributed by atoms with Gasteiger partial charge in [-0.1, -0.05) is 13.8 Å². The first-order valence-corrected chi connectivity index (χ1v) is 5.29. The summed E-state index contributed by atoms with van der Waals surface area (Å²) in [7, 11) is 0. The van der Waals surface area contributed by atoms with Crippen molar-refractivity contribution < 1.29 is 4.79 Å². The van der Waals surface area contributed by atoms with Crippen molar-refractivity contribution in [2.24, 2.45) is 5.73 Å². The van der Waals surface area contributed by atoms with Gasteiger partial charge in [-0.05, 0) is 25.0 Å². The molecule has 4 nitrogen and oxygen atoms in total. The largest absolute Gasteiger partial charge is 0.366 e. The van der Waals surface area contributed by atoms with Crippen molar-refractivity contribution >= 4 is 11.6 Å². The van der Waals surface area contributed by atoms with Crippen molar-refractivity contribution in [2.75, 3.05) is 0 Å². The second-order valence-corrected chi connectivity index (χ2v) is 4.25. The molecule has 0 spiro atoms. The predicted molar refractivity (Wildman–Crippen MR) is 62.5 cm³/mol. The molecule has 2 heterocycles. The van der Waals surface area contributed by atoms with Gasteiger partial charge in [-0.25, -0.2) is 4.98 Å². The molecule has 0 fully saturated rings. The van der Waals surface area contributed by atoms with Crippen LogP contribution in [0.15, 0.2) is 18.3 Å². The third kappa shape index (κ3) is 1.56. The zero-order chi connectivity index (χ0) is 11.9. The predicted octanol–water partition coefficient (Wildman–Crippen LogP) is 1.87. The summed E-state index contributed by atoms with van der Waals surface area (Å²) in [6, 6.07) is 3.44. The normalized spacial score (nSPS) is 11.2. The summed E-state index contributed by atoms with van der Waals surface area (Å²) in [4.78, 5) is 15.6. The number of amides is 1. The van der Waals surface area contributed by atoms with Crippen molar-refractivity contribution in [2.45, 2.75) is 26.7 Å². The van der Waals surface area contributed by atoms with Crippen LogP contribution in [0.1, 0.15) is 41.5 Å². The number of hydrogen-bond acceptors (Lipinski definition) is 2. The number of rotatable bonds is 2. The molecule has 16 heavy (non-hydrogen) atoms. The molecule has 0 saturated heterocycles. The van der Waals surface area contributed by atoms with Crippen LogP contribution in [0.2, 0.25) is 0 Å². The Morgan fingerprint density at radius 2 is 2.19 bits per heavy atom.